The number of aliphatic hydroxyl groups excluding tert-OH is 1. The number of nitrogens with one attached hydrogen (secondary N) is 1. The van der Waals surface area contributed by atoms with E-state index in [0.717, 1.165) is 21.9 Å². The third kappa shape index (κ3) is 4.79. The molecule has 4 rings (SSSR count). The molecule has 34 heavy (non-hydrogen) atoms. The van der Waals surface area contributed by atoms with Crippen molar-refractivity contribution < 1.29 is 18.3 Å². The monoisotopic (exact) mass is 472 g/mol. The molecular formula is C25H27F3N4O2. The molecule has 9 heteroatoms. The van der Waals surface area contributed by atoms with Crippen molar-refractivity contribution in [3.8, 4) is 16.9 Å². The van der Waals surface area contributed by atoms with Gasteiger partial charge in [-0.15, -0.1) is 0 Å². The molecule has 3 aromatic rings. The second-order valence-electron chi connectivity index (χ2n) is 8.65. The average molecular weight is 473 g/mol. The number of alkyl halides is 3. The standard InChI is InChI=1S/C25H27F3N4O2/c1-4-29-22-13-21(17-10-15(2)9-16(3)11-17)30-32(24(22)34)23-12-18(31-8-7-19(33)14-31)5-6-20(23)25(26,27)28/h5-6,9-13,19,29,33H,4,7-8,14H2,1-3H3/t19-/m0/s1. The second kappa shape index (κ2) is 9.13. The lowest BCUT2D eigenvalue weighted by Crippen LogP contribution is -2.28. The van der Waals surface area contributed by atoms with Crippen molar-refractivity contribution in [3.05, 3.63) is 69.5 Å². The van der Waals surface area contributed by atoms with Crippen LogP contribution in [-0.2, 0) is 6.18 Å². The lowest BCUT2D eigenvalue weighted by atomic mass is 10.0. The summed E-state index contributed by atoms with van der Waals surface area (Å²) in [6.07, 6.45) is -4.70. The van der Waals surface area contributed by atoms with Crippen LogP contribution in [0.25, 0.3) is 16.9 Å². The number of β-amino-alcohol motifs (C(OH)–C–C–N with tert-alkyl or cyclic N) is 1. The van der Waals surface area contributed by atoms with Gasteiger partial charge in [0.25, 0.3) is 5.56 Å². The highest BCUT2D eigenvalue weighted by atomic mass is 19.4. The highest BCUT2D eigenvalue weighted by Gasteiger charge is 2.35. The molecule has 2 heterocycles. The van der Waals surface area contributed by atoms with Crippen molar-refractivity contribution in [2.24, 2.45) is 0 Å². The van der Waals surface area contributed by atoms with Crippen molar-refractivity contribution in [2.45, 2.75) is 39.5 Å². The number of benzene rings is 2. The smallest absolute Gasteiger partial charge is 0.391 e. The molecule has 2 N–H and O–H groups in total. The molecule has 0 amide bonds. The highest BCUT2D eigenvalue weighted by molar-refractivity contribution is 5.66. The summed E-state index contributed by atoms with van der Waals surface area (Å²) in [7, 11) is 0. The van der Waals surface area contributed by atoms with Gasteiger partial charge in [0.05, 0.1) is 23.0 Å². The number of aliphatic hydroxyl groups is 1. The van der Waals surface area contributed by atoms with Crippen LogP contribution in [0, 0.1) is 13.8 Å². The number of halogens is 3. The van der Waals surface area contributed by atoms with Gasteiger partial charge in [0.1, 0.15) is 5.69 Å². The van der Waals surface area contributed by atoms with Crippen molar-refractivity contribution in [2.75, 3.05) is 29.9 Å². The highest BCUT2D eigenvalue weighted by Crippen LogP contribution is 2.36. The van der Waals surface area contributed by atoms with Crippen molar-refractivity contribution >= 4 is 11.4 Å². The fraction of sp³-hybridized carbons (Fsp3) is 0.360. The quantitative estimate of drug-likeness (QED) is 0.571. The Balaban J connectivity index is 1.96. The van der Waals surface area contributed by atoms with E-state index in [2.05, 4.69) is 10.4 Å². The maximum atomic E-state index is 14.0. The van der Waals surface area contributed by atoms with Gasteiger partial charge in [0.2, 0.25) is 0 Å². The Hall–Kier alpha value is -3.33. The summed E-state index contributed by atoms with van der Waals surface area (Å²) in [5.41, 5.74) is 1.74. The minimum atomic E-state index is -4.69. The Bertz CT molecular complexity index is 1250. The summed E-state index contributed by atoms with van der Waals surface area (Å²) in [4.78, 5) is 15.1. The Morgan fingerprint density at radius 3 is 2.41 bits per heavy atom. The molecule has 0 spiro atoms. The van der Waals surface area contributed by atoms with Gasteiger partial charge in [0.15, 0.2) is 0 Å². The number of hydrogen-bond acceptors (Lipinski definition) is 5. The topological polar surface area (TPSA) is 70.4 Å². The molecule has 1 atom stereocenters. The third-order valence-corrected chi connectivity index (χ3v) is 5.84. The second-order valence-corrected chi connectivity index (χ2v) is 8.65. The number of aryl methyl sites for hydroxylation is 2. The zero-order valence-corrected chi connectivity index (χ0v) is 19.3. The molecule has 1 saturated heterocycles. The first kappa shape index (κ1) is 23.8. The fourth-order valence-electron chi connectivity index (χ4n) is 4.35. The molecule has 0 aliphatic carbocycles. The largest absolute Gasteiger partial charge is 0.418 e. The summed E-state index contributed by atoms with van der Waals surface area (Å²) >= 11 is 0. The molecule has 1 aliphatic heterocycles. The van der Waals surface area contributed by atoms with E-state index in [1.807, 2.05) is 32.0 Å². The molecule has 0 bridgehead atoms. The van der Waals surface area contributed by atoms with Crippen LogP contribution >= 0.6 is 0 Å². The van der Waals surface area contributed by atoms with Gasteiger partial charge in [-0.1, -0.05) is 17.2 Å². The van der Waals surface area contributed by atoms with Gasteiger partial charge in [-0.05, 0) is 63.6 Å². The maximum absolute atomic E-state index is 14.0. The maximum Gasteiger partial charge on any atom is 0.418 e. The first-order chi connectivity index (χ1) is 16.1. The molecule has 2 aromatic carbocycles. The fourth-order valence-corrected chi connectivity index (χ4v) is 4.35. The molecule has 1 aromatic heterocycles. The molecular weight excluding hydrogens is 445 g/mol. The van der Waals surface area contributed by atoms with Gasteiger partial charge in [-0.25, -0.2) is 0 Å². The van der Waals surface area contributed by atoms with Gasteiger partial charge in [0, 0.05) is 30.9 Å². The summed E-state index contributed by atoms with van der Waals surface area (Å²) < 4.78 is 42.8. The van der Waals surface area contributed by atoms with Crippen LogP contribution in [0.5, 0.6) is 0 Å². The first-order valence-electron chi connectivity index (χ1n) is 11.2. The molecule has 180 valence electrons. The molecule has 1 fully saturated rings. The summed E-state index contributed by atoms with van der Waals surface area (Å²) in [6.45, 7) is 6.91. The van der Waals surface area contributed by atoms with Crippen LogP contribution in [-0.4, -0.2) is 40.6 Å². The first-order valence-corrected chi connectivity index (χ1v) is 11.2. The van der Waals surface area contributed by atoms with E-state index in [9.17, 15) is 23.1 Å². The predicted octanol–water partition coefficient (Wildman–Crippen LogP) is 4.54. The van der Waals surface area contributed by atoms with E-state index in [0.29, 0.717) is 43.0 Å². The number of nitrogens with zero attached hydrogens (tertiary/aromatic N) is 3. The lowest BCUT2D eigenvalue weighted by molar-refractivity contribution is -0.137. The Kier molecular flexibility index (Phi) is 6.40. The minimum Gasteiger partial charge on any atom is -0.391 e. The van der Waals surface area contributed by atoms with Crippen LogP contribution < -0.4 is 15.8 Å². The van der Waals surface area contributed by atoms with E-state index in [1.165, 1.54) is 12.1 Å². The van der Waals surface area contributed by atoms with Crippen LogP contribution in [0.3, 0.4) is 0 Å². The SMILES string of the molecule is CCNc1cc(-c2cc(C)cc(C)c2)nn(-c2cc(N3CC[C@H](O)C3)ccc2C(F)(F)F)c1=O. The van der Waals surface area contributed by atoms with Gasteiger partial charge >= 0.3 is 6.18 Å². The Morgan fingerprint density at radius 1 is 1.12 bits per heavy atom. The Morgan fingerprint density at radius 2 is 1.82 bits per heavy atom. The zero-order valence-electron chi connectivity index (χ0n) is 19.3. The van der Waals surface area contributed by atoms with Crippen LogP contribution in [0.2, 0.25) is 0 Å². The number of anilines is 2. The molecule has 1 aliphatic rings. The van der Waals surface area contributed by atoms with Gasteiger partial charge in [-0.3, -0.25) is 4.79 Å². The molecule has 0 unspecified atom stereocenters. The van der Waals surface area contributed by atoms with E-state index >= 15 is 0 Å². The zero-order chi connectivity index (χ0) is 24.6. The van der Waals surface area contributed by atoms with Crippen molar-refractivity contribution in [3.63, 3.8) is 0 Å². The van der Waals surface area contributed by atoms with Crippen LogP contribution in [0.1, 0.15) is 30.0 Å². The van der Waals surface area contributed by atoms with E-state index in [4.69, 9.17) is 0 Å². The van der Waals surface area contributed by atoms with E-state index in [1.54, 1.807) is 17.9 Å². The number of aromatic nitrogens is 2. The van der Waals surface area contributed by atoms with Crippen molar-refractivity contribution in [1.82, 2.24) is 9.78 Å². The number of hydrogen-bond donors (Lipinski definition) is 2. The molecule has 0 radical (unpaired) electrons. The summed E-state index contributed by atoms with van der Waals surface area (Å²) in [5.74, 6) is 0. The van der Waals surface area contributed by atoms with Crippen molar-refractivity contribution in [1.29, 1.82) is 0 Å². The minimum absolute atomic E-state index is 0.168. The van der Waals surface area contributed by atoms with Gasteiger partial charge < -0.3 is 15.3 Å². The van der Waals surface area contributed by atoms with Crippen LogP contribution in [0.4, 0.5) is 24.5 Å². The van der Waals surface area contributed by atoms with Gasteiger partial charge in [-0.2, -0.15) is 23.0 Å². The normalized spacial score (nSPS) is 16.2. The predicted molar refractivity (Wildman–Crippen MR) is 127 cm³/mol. The third-order valence-electron chi connectivity index (χ3n) is 5.84. The Labute approximate surface area is 195 Å². The molecule has 0 saturated carbocycles. The number of rotatable bonds is 5. The average Bonchev–Trinajstić information content (AvgIpc) is 3.20. The van der Waals surface area contributed by atoms with E-state index in [-0.39, 0.29) is 11.4 Å². The molecule has 6 nitrogen and oxygen atoms in total. The summed E-state index contributed by atoms with van der Waals surface area (Å²) in [6, 6.07) is 11.0. The lowest BCUT2D eigenvalue weighted by Gasteiger charge is -2.22. The van der Waals surface area contributed by atoms with Crippen LogP contribution in [0.15, 0.2) is 47.3 Å². The van der Waals surface area contributed by atoms with E-state index < -0.39 is 23.4 Å². The summed E-state index contributed by atoms with van der Waals surface area (Å²) in [5, 5.41) is 17.2.